The van der Waals surface area contributed by atoms with Crippen LogP contribution in [-0.2, 0) is 119 Å². The summed E-state index contributed by atoms with van der Waals surface area (Å²) >= 11 is 0. The number of para-hydroxylation sites is 1. The molecule has 6 aromatic rings. The summed E-state index contributed by atoms with van der Waals surface area (Å²) in [4.78, 5) is 80.7. The number of aromatic carboxylic acids is 1. The lowest BCUT2D eigenvalue weighted by Crippen LogP contribution is -2.29. The van der Waals surface area contributed by atoms with Crippen LogP contribution in [0.5, 0.6) is 0 Å². The molecule has 0 atom stereocenters. The van der Waals surface area contributed by atoms with Crippen molar-refractivity contribution in [3.8, 4) is 0 Å². The highest BCUT2D eigenvalue weighted by atomic mass is 32.2. The molecule has 5 aromatic heterocycles. The lowest BCUT2D eigenvalue weighted by atomic mass is 10.1. The summed E-state index contributed by atoms with van der Waals surface area (Å²) in [5.74, 6) is 19.4. The average molecular weight is 1490 g/mol. The lowest BCUT2D eigenvalue weighted by molar-refractivity contribution is -0.109. The number of nitrogens with one attached hydrogen (secondary N) is 4. The third kappa shape index (κ3) is 18.9. The molecular weight excluding hydrogens is 1400 g/mol. The largest absolute Gasteiger partial charge is 0.478 e. The maximum atomic E-state index is 12.9. The van der Waals surface area contributed by atoms with E-state index >= 15 is 0 Å². The van der Waals surface area contributed by atoms with Gasteiger partial charge in [0.15, 0.2) is 17.3 Å². The SMILES string of the molecule is CCO.CCc1c(C(=O)O)c(S(N)(=O)=O)c(CC)n1N.CCc1c(C(C)=O)c(S(N)(=O)=O)c(CC)n1N.CCc1c(C(C)=O)c(S(N)(=O)=O)c(CC)n1N.CCc1c(C(C)=O)c(S(N)(=O)=O)c(CC)n1NC(=O)c1ccccc1NNC=O.CCc1c2c(c(CC)n1N)S(=O)(=O)NC2=O. The van der Waals surface area contributed by atoms with Crippen molar-refractivity contribution in [3.05, 3.63) is 115 Å². The zero-order valence-corrected chi connectivity index (χ0v) is 61.5. The number of benzene rings is 1. The number of hydrogen-bond acceptors (Lipinski definition) is 23. The molecule has 0 unspecified atom stereocenters. The first-order chi connectivity index (χ1) is 45.8. The number of carbonyl (C=O) groups is 7. The number of nitrogens with two attached hydrogens (primary N) is 8. The van der Waals surface area contributed by atoms with E-state index in [1.165, 1.54) is 45.5 Å². The molecule has 1 aromatic carbocycles. The van der Waals surface area contributed by atoms with Crippen LogP contribution in [0.15, 0.2) is 48.7 Å². The van der Waals surface area contributed by atoms with Gasteiger partial charge in [-0.05, 0) is 104 Å². The number of carboxylic acid groups (broad SMARTS) is 1. The second-order valence-corrected chi connectivity index (χ2v) is 28.7. The zero-order chi connectivity index (χ0) is 76.7. The van der Waals surface area contributed by atoms with Crippen LogP contribution in [-0.4, -0.2) is 124 Å². The van der Waals surface area contributed by atoms with E-state index in [2.05, 4.69) is 16.3 Å². The highest BCUT2D eigenvalue weighted by molar-refractivity contribution is 7.91. The van der Waals surface area contributed by atoms with Crippen LogP contribution in [0.1, 0.15) is 216 Å². The number of sulfonamides is 5. The molecule has 552 valence electrons. The average Bonchev–Trinajstić information content (AvgIpc) is 1.57. The van der Waals surface area contributed by atoms with E-state index < -0.39 is 73.7 Å². The standard InChI is InChI=1S/C18H23N5O5S.2C10H17N3O3S.C9H15N3O4S.C9H13N3O3S.C2H6O/c1-4-14-16(11(3)25)17(29(19,27)28)15(5-2)23(14)22-18(26)12-8-6-7-9-13(12)21-20-10-24;2*1-4-7-9(6(3)14)10(17(12,15)16)8(5-2)13(7)11;1-3-5-7(9(13)14)8(17(11,15)16)6(4-2)12(5)10;1-3-5-7-8(6(4-2)12(5)10)16(14,15)11-9(7)13;1-2-3/h6-10,21H,4-5H2,1-3H3,(H,20,24)(H,22,26)(H2,19,27,28);2*4-5,11H2,1-3H3,(H2,12,15,16);3-4,10H2,1-2H3,(H,13,14)(H2,11,15,16);3-4,10H2,1-2H3,(H,11,13);3H,2H2,1H3. The number of anilines is 1. The summed E-state index contributed by atoms with van der Waals surface area (Å²) in [6.45, 7) is 23.4. The molecule has 22 N–H and O–H groups in total. The van der Waals surface area contributed by atoms with Gasteiger partial charge in [-0.1, -0.05) is 81.4 Å². The number of amides is 3. The predicted octanol–water partition coefficient (Wildman–Crippen LogP) is 0.703. The second kappa shape index (κ2) is 35.2. The molecule has 0 radical (unpaired) electrons. The second-order valence-electron chi connectivity index (χ2n) is 21.1. The molecule has 7 rings (SSSR count). The van der Waals surface area contributed by atoms with Crippen molar-refractivity contribution in [1.82, 2.24) is 33.5 Å². The van der Waals surface area contributed by atoms with Gasteiger partial charge in [0.25, 0.3) is 21.8 Å². The van der Waals surface area contributed by atoms with Gasteiger partial charge in [0.2, 0.25) is 46.5 Å². The maximum absolute atomic E-state index is 12.9. The topological polar surface area (TPSA) is 612 Å². The molecule has 0 spiro atoms. The zero-order valence-electron chi connectivity index (χ0n) is 57.4. The van der Waals surface area contributed by atoms with Crippen molar-refractivity contribution < 1.29 is 85.9 Å². The summed E-state index contributed by atoms with van der Waals surface area (Å²) in [5, 5.41) is 37.4. The molecule has 0 fully saturated rings. The Morgan fingerprint density at radius 1 is 0.495 bits per heavy atom. The molecule has 36 nitrogen and oxygen atoms in total. The molecule has 3 amide bonds. The Morgan fingerprint density at radius 3 is 1.11 bits per heavy atom. The van der Waals surface area contributed by atoms with E-state index in [4.69, 9.17) is 54.1 Å². The number of carboxylic acids is 1. The fourth-order valence-electron chi connectivity index (χ4n) is 11.2. The van der Waals surface area contributed by atoms with Gasteiger partial charge >= 0.3 is 5.97 Å². The highest BCUT2D eigenvalue weighted by Gasteiger charge is 2.41. The number of fused-ring (bicyclic) bond motifs is 1. The molecule has 41 heteroatoms. The molecule has 0 aliphatic carbocycles. The molecule has 6 heterocycles. The number of hydrogen-bond donors (Lipinski definition) is 14. The number of Topliss-reactive ketones (excluding diaryl/α,β-unsaturated/α-hetero) is 3. The van der Waals surface area contributed by atoms with Gasteiger partial charge in [-0.15, -0.1) is 0 Å². The number of aliphatic hydroxyl groups excluding tert-OH is 1. The molecular formula is C58H91N17O19S5. The Bertz CT molecular complexity index is 4410. The lowest BCUT2D eigenvalue weighted by Gasteiger charge is -2.16. The molecule has 99 heavy (non-hydrogen) atoms. The van der Waals surface area contributed by atoms with Crippen LogP contribution in [0.2, 0.25) is 0 Å². The van der Waals surface area contributed by atoms with E-state index in [-0.39, 0.29) is 112 Å². The third-order valence-corrected chi connectivity index (χ3v) is 20.4. The number of carbonyl (C=O) groups excluding carboxylic acids is 6. The van der Waals surface area contributed by atoms with Gasteiger partial charge in [-0.25, -0.2) is 72.2 Å². The van der Waals surface area contributed by atoms with E-state index in [1.807, 2.05) is 11.6 Å². The van der Waals surface area contributed by atoms with Crippen LogP contribution < -0.4 is 64.9 Å². The van der Waals surface area contributed by atoms with Gasteiger partial charge in [0, 0.05) is 6.61 Å². The third-order valence-electron chi connectivity index (χ3n) is 14.9. The van der Waals surface area contributed by atoms with Crippen LogP contribution in [0, 0.1) is 0 Å². The predicted molar refractivity (Wildman–Crippen MR) is 369 cm³/mol. The van der Waals surface area contributed by atoms with Crippen LogP contribution in [0.4, 0.5) is 5.69 Å². The molecule has 1 aliphatic rings. The number of nitrogen functional groups attached to an aromatic ring is 4. The van der Waals surface area contributed by atoms with Crippen molar-refractivity contribution >= 4 is 97.3 Å². The number of aliphatic hydroxyl groups is 1. The first-order valence-electron chi connectivity index (χ1n) is 30.5. The Morgan fingerprint density at radius 2 is 0.798 bits per heavy atom. The number of aromatic nitrogens is 5. The summed E-state index contributed by atoms with van der Waals surface area (Å²) in [7, 11) is -19.9. The Kier molecular flexibility index (Phi) is 30.6. The minimum absolute atomic E-state index is 0.0267. The Labute approximate surface area is 575 Å². The van der Waals surface area contributed by atoms with E-state index in [0.29, 0.717) is 96.9 Å². The smallest absolute Gasteiger partial charge is 0.339 e. The van der Waals surface area contributed by atoms with Gasteiger partial charge in [-0.2, -0.15) is 0 Å². The van der Waals surface area contributed by atoms with Crippen molar-refractivity contribution in [1.29, 1.82) is 0 Å². The van der Waals surface area contributed by atoms with Crippen molar-refractivity contribution in [2.45, 2.75) is 186 Å². The van der Waals surface area contributed by atoms with Crippen LogP contribution in [0.3, 0.4) is 0 Å². The monoisotopic (exact) mass is 1490 g/mol. The molecule has 0 bridgehead atoms. The van der Waals surface area contributed by atoms with Gasteiger partial charge in [-0.3, -0.25) is 68.4 Å². The first kappa shape index (κ1) is 86.1. The van der Waals surface area contributed by atoms with Crippen LogP contribution >= 0.6 is 0 Å². The summed E-state index contributed by atoms with van der Waals surface area (Å²) < 4.78 is 125. The van der Waals surface area contributed by atoms with Crippen molar-refractivity contribution in [2.75, 3.05) is 40.8 Å². The molecule has 1 aliphatic heterocycles. The number of hydrazine groups is 1. The first-order valence-corrected chi connectivity index (χ1v) is 38.2. The number of rotatable bonds is 23. The summed E-state index contributed by atoms with van der Waals surface area (Å²) in [5.41, 5.74) is 11.9. The Hall–Kier alpha value is -8.94. The summed E-state index contributed by atoms with van der Waals surface area (Å²) in [6, 6.07) is 6.41. The van der Waals surface area contributed by atoms with Crippen LogP contribution in [0.25, 0.3) is 0 Å². The van der Waals surface area contributed by atoms with Gasteiger partial charge in [0.1, 0.15) is 30.0 Å². The van der Waals surface area contributed by atoms with Crippen molar-refractivity contribution in [2.24, 2.45) is 20.6 Å². The maximum Gasteiger partial charge on any atom is 0.339 e. The van der Waals surface area contributed by atoms with E-state index in [9.17, 15) is 75.7 Å². The Balaban J connectivity index is 0.000000425. The molecule has 0 saturated carbocycles. The minimum Gasteiger partial charge on any atom is -0.478 e. The van der Waals surface area contributed by atoms with Gasteiger partial charge < -0.3 is 33.6 Å². The fourth-order valence-corrected chi connectivity index (χ4v) is 17.1. The molecule has 0 saturated heterocycles. The number of ketones is 3. The van der Waals surface area contributed by atoms with E-state index in [0.717, 1.165) is 4.68 Å². The number of nitrogens with zero attached hydrogens (tertiary/aromatic N) is 5. The van der Waals surface area contributed by atoms with Gasteiger partial charge in [0.05, 0.1) is 90.4 Å². The summed E-state index contributed by atoms with van der Waals surface area (Å²) in [6.07, 6.45) is 4.19. The normalized spacial score (nSPS) is 12.3. The quantitative estimate of drug-likeness (QED) is 0.0182. The van der Waals surface area contributed by atoms with E-state index in [1.54, 1.807) is 87.4 Å². The fraction of sp³-hybridized carbons (Fsp3) is 0.431. The number of primary sulfonamides is 4. The minimum atomic E-state index is -4.21. The van der Waals surface area contributed by atoms with Crippen molar-refractivity contribution in [3.63, 3.8) is 0 Å². The highest BCUT2D eigenvalue weighted by Crippen LogP contribution is 2.33.